The van der Waals surface area contributed by atoms with Crippen LogP contribution in [0.4, 0.5) is 4.39 Å². The van der Waals surface area contributed by atoms with Crippen LogP contribution in [0.15, 0.2) is 36.0 Å². The summed E-state index contributed by atoms with van der Waals surface area (Å²) in [4.78, 5) is 11.2. The summed E-state index contributed by atoms with van der Waals surface area (Å²) in [5.74, 6) is -0.0555. The Morgan fingerprint density at radius 3 is 2.81 bits per heavy atom. The highest BCUT2D eigenvalue weighted by atomic mass is 19.1. The van der Waals surface area contributed by atoms with Crippen molar-refractivity contribution in [2.45, 2.75) is 25.8 Å². The summed E-state index contributed by atoms with van der Waals surface area (Å²) in [6.07, 6.45) is 4.02. The number of carbonyl (C=O) groups excluding carboxylic acids is 1. The second-order valence-corrected chi connectivity index (χ2v) is 3.93. The molecule has 16 heavy (non-hydrogen) atoms. The molecule has 0 saturated heterocycles. The monoisotopic (exact) mass is 219 g/mol. The van der Waals surface area contributed by atoms with Crippen LogP contribution < -0.4 is 5.32 Å². The molecule has 1 aromatic carbocycles. The second kappa shape index (κ2) is 4.92. The molecule has 0 aliphatic heterocycles. The minimum absolute atomic E-state index is 0.155. The molecular formula is C13H14FNO. The lowest BCUT2D eigenvalue weighted by Crippen LogP contribution is -2.18. The lowest BCUT2D eigenvalue weighted by molar-refractivity contribution is -0.115. The molecule has 0 bridgehead atoms. The molecule has 1 aliphatic rings. The van der Waals surface area contributed by atoms with E-state index in [2.05, 4.69) is 5.32 Å². The highest BCUT2D eigenvalue weighted by Gasteiger charge is 2.09. The van der Waals surface area contributed by atoms with Gasteiger partial charge < -0.3 is 5.32 Å². The third kappa shape index (κ3) is 2.69. The number of hydrogen-bond acceptors (Lipinski definition) is 2. The van der Waals surface area contributed by atoms with Gasteiger partial charge in [-0.2, -0.15) is 0 Å². The van der Waals surface area contributed by atoms with Crippen molar-refractivity contribution in [3.05, 3.63) is 47.4 Å². The van der Waals surface area contributed by atoms with E-state index in [0.717, 1.165) is 18.5 Å². The average molecular weight is 219 g/mol. The maximum atomic E-state index is 13.3. The van der Waals surface area contributed by atoms with Gasteiger partial charge in [0.2, 0.25) is 0 Å². The Morgan fingerprint density at radius 2 is 2.06 bits per heavy atom. The third-order valence-electron chi connectivity index (χ3n) is 2.67. The summed E-state index contributed by atoms with van der Waals surface area (Å²) < 4.78 is 13.3. The lowest BCUT2D eigenvalue weighted by atomic mass is 10.0. The Labute approximate surface area is 94.2 Å². The maximum absolute atomic E-state index is 13.3. The fourth-order valence-electron chi connectivity index (χ4n) is 1.78. The van der Waals surface area contributed by atoms with E-state index in [-0.39, 0.29) is 11.6 Å². The van der Waals surface area contributed by atoms with Crippen molar-refractivity contribution >= 4 is 5.78 Å². The SMILES string of the molecule is O=C1C=C(NCc2ccccc2F)CCC1. The molecule has 0 aromatic heterocycles. The molecule has 0 radical (unpaired) electrons. The van der Waals surface area contributed by atoms with E-state index < -0.39 is 0 Å². The minimum atomic E-state index is -0.210. The highest BCUT2D eigenvalue weighted by molar-refractivity contribution is 5.91. The van der Waals surface area contributed by atoms with Crippen molar-refractivity contribution in [1.82, 2.24) is 5.32 Å². The van der Waals surface area contributed by atoms with Gasteiger partial charge in [0.05, 0.1) is 0 Å². The van der Waals surface area contributed by atoms with E-state index in [1.165, 1.54) is 6.07 Å². The zero-order valence-corrected chi connectivity index (χ0v) is 9.00. The fourth-order valence-corrected chi connectivity index (χ4v) is 1.78. The van der Waals surface area contributed by atoms with Gasteiger partial charge in [-0.1, -0.05) is 18.2 Å². The first-order valence-electron chi connectivity index (χ1n) is 5.46. The van der Waals surface area contributed by atoms with Crippen LogP contribution in [0, 0.1) is 5.82 Å². The number of nitrogens with one attached hydrogen (secondary N) is 1. The molecule has 0 amide bonds. The number of hydrogen-bond donors (Lipinski definition) is 1. The molecule has 0 atom stereocenters. The van der Waals surface area contributed by atoms with E-state index in [0.29, 0.717) is 18.5 Å². The molecule has 3 heteroatoms. The summed E-state index contributed by atoms with van der Waals surface area (Å²) in [5.41, 5.74) is 1.54. The van der Waals surface area contributed by atoms with Crippen molar-refractivity contribution in [3.8, 4) is 0 Å². The first kappa shape index (κ1) is 10.9. The molecule has 0 unspecified atom stereocenters. The first-order chi connectivity index (χ1) is 7.75. The zero-order valence-electron chi connectivity index (χ0n) is 9.00. The van der Waals surface area contributed by atoms with Crippen LogP contribution in [0.1, 0.15) is 24.8 Å². The van der Waals surface area contributed by atoms with Crippen molar-refractivity contribution in [1.29, 1.82) is 0 Å². The Bertz CT molecular complexity index is 426. The molecule has 2 nitrogen and oxygen atoms in total. The van der Waals surface area contributed by atoms with Crippen LogP contribution in [0.2, 0.25) is 0 Å². The standard InChI is InChI=1S/C13H14FNO/c14-13-7-2-1-4-10(13)9-15-11-5-3-6-12(16)8-11/h1-2,4,7-8,15H,3,5-6,9H2. The van der Waals surface area contributed by atoms with Gasteiger partial charge >= 0.3 is 0 Å². The molecular weight excluding hydrogens is 205 g/mol. The fraction of sp³-hybridized carbons (Fsp3) is 0.308. The van der Waals surface area contributed by atoms with Crippen molar-refractivity contribution in [2.75, 3.05) is 0 Å². The van der Waals surface area contributed by atoms with Gasteiger partial charge in [0.1, 0.15) is 5.82 Å². The first-order valence-corrected chi connectivity index (χ1v) is 5.46. The Hall–Kier alpha value is -1.64. The highest BCUT2D eigenvalue weighted by Crippen LogP contribution is 2.14. The van der Waals surface area contributed by atoms with Gasteiger partial charge in [0.15, 0.2) is 5.78 Å². The molecule has 0 spiro atoms. The predicted octanol–water partition coefficient (Wildman–Crippen LogP) is 2.55. The summed E-state index contributed by atoms with van der Waals surface area (Å²) in [6, 6.07) is 6.66. The number of ketones is 1. The van der Waals surface area contributed by atoms with Crippen LogP contribution in [0.3, 0.4) is 0 Å². The van der Waals surface area contributed by atoms with Gasteiger partial charge in [-0.15, -0.1) is 0 Å². The van der Waals surface area contributed by atoms with Gasteiger partial charge in [0.25, 0.3) is 0 Å². The van der Waals surface area contributed by atoms with Gasteiger partial charge in [-0.05, 0) is 18.9 Å². The Morgan fingerprint density at radius 1 is 1.25 bits per heavy atom. The molecule has 0 heterocycles. The van der Waals surface area contributed by atoms with Crippen molar-refractivity contribution in [3.63, 3.8) is 0 Å². The number of rotatable bonds is 3. The zero-order chi connectivity index (χ0) is 11.4. The smallest absolute Gasteiger partial charge is 0.157 e. The lowest BCUT2D eigenvalue weighted by Gasteiger charge is -2.14. The van der Waals surface area contributed by atoms with Crippen LogP contribution in [-0.2, 0) is 11.3 Å². The molecule has 1 N–H and O–H groups in total. The van der Waals surface area contributed by atoms with Crippen LogP contribution in [-0.4, -0.2) is 5.78 Å². The van der Waals surface area contributed by atoms with Crippen LogP contribution >= 0.6 is 0 Å². The molecule has 1 aromatic rings. The molecule has 0 saturated carbocycles. The third-order valence-corrected chi connectivity index (χ3v) is 2.67. The normalized spacial score (nSPS) is 15.8. The van der Waals surface area contributed by atoms with Gasteiger partial charge in [-0.3, -0.25) is 4.79 Å². The predicted molar refractivity (Wildman–Crippen MR) is 60.2 cm³/mol. The summed E-state index contributed by atoms with van der Waals surface area (Å²) in [6.45, 7) is 0.436. The summed E-state index contributed by atoms with van der Waals surface area (Å²) in [7, 11) is 0. The van der Waals surface area contributed by atoms with E-state index >= 15 is 0 Å². The number of halogens is 1. The molecule has 2 rings (SSSR count). The number of benzene rings is 1. The van der Waals surface area contributed by atoms with Gasteiger partial charge in [-0.25, -0.2) is 4.39 Å². The van der Waals surface area contributed by atoms with Crippen LogP contribution in [0.5, 0.6) is 0 Å². The average Bonchev–Trinajstić information content (AvgIpc) is 2.28. The van der Waals surface area contributed by atoms with Crippen molar-refractivity contribution in [2.24, 2.45) is 0 Å². The Balaban J connectivity index is 1.97. The van der Waals surface area contributed by atoms with Crippen LogP contribution in [0.25, 0.3) is 0 Å². The molecule has 1 aliphatic carbocycles. The van der Waals surface area contributed by atoms with E-state index in [9.17, 15) is 9.18 Å². The van der Waals surface area contributed by atoms with Crippen molar-refractivity contribution < 1.29 is 9.18 Å². The summed E-state index contributed by atoms with van der Waals surface area (Å²) >= 11 is 0. The maximum Gasteiger partial charge on any atom is 0.157 e. The second-order valence-electron chi connectivity index (χ2n) is 3.93. The van der Waals surface area contributed by atoms with E-state index in [4.69, 9.17) is 0 Å². The van der Waals surface area contributed by atoms with Gasteiger partial charge in [0, 0.05) is 30.3 Å². The topological polar surface area (TPSA) is 29.1 Å². The minimum Gasteiger partial charge on any atom is -0.384 e. The van der Waals surface area contributed by atoms with E-state index in [1.54, 1.807) is 24.3 Å². The number of carbonyl (C=O) groups is 1. The number of allylic oxidation sites excluding steroid dienone is 2. The van der Waals surface area contributed by atoms with E-state index in [1.807, 2.05) is 0 Å². The molecule has 0 fully saturated rings. The Kier molecular flexibility index (Phi) is 3.34. The largest absolute Gasteiger partial charge is 0.384 e. The quantitative estimate of drug-likeness (QED) is 0.846. The molecule has 84 valence electrons. The summed E-state index contributed by atoms with van der Waals surface area (Å²) in [5, 5.41) is 3.11.